The molecule has 2 atom stereocenters. The van der Waals surface area contributed by atoms with Gasteiger partial charge in [0.1, 0.15) is 0 Å². The molecule has 0 fully saturated rings. The van der Waals surface area contributed by atoms with E-state index in [-0.39, 0.29) is 6.04 Å². The minimum Gasteiger partial charge on any atom is -0.327 e. The molecular weight excluding hydrogens is 158 g/mol. The Hall–Kier alpha value is -0.820. The van der Waals surface area contributed by atoms with Gasteiger partial charge in [-0.1, -0.05) is 51.1 Å². The van der Waals surface area contributed by atoms with Crippen molar-refractivity contribution in [2.24, 2.45) is 11.7 Å². The van der Waals surface area contributed by atoms with E-state index in [1.807, 2.05) is 6.07 Å². The van der Waals surface area contributed by atoms with Gasteiger partial charge in [-0.05, 0) is 17.4 Å². The maximum atomic E-state index is 6.09. The van der Waals surface area contributed by atoms with E-state index in [2.05, 4.69) is 45.0 Å². The maximum absolute atomic E-state index is 6.09. The van der Waals surface area contributed by atoms with E-state index < -0.39 is 0 Å². The van der Waals surface area contributed by atoms with Gasteiger partial charge in [0, 0.05) is 6.04 Å². The topological polar surface area (TPSA) is 26.0 Å². The van der Waals surface area contributed by atoms with Crippen LogP contribution in [-0.2, 0) is 0 Å². The van der Waals surface area contributed by atoms with Crippen LogP contribution in [0.3, 0.4) is 0 Å². The second kappa shape index (κ2) is 4.43. The molecule has 0 spiro atoms. The molecule has 0 radical (unpaired) electrons. The first-order valence-corrected chi connectivity index (χ1v) is 4.93. The predicted molar refractivity (Wildman–Crippen MR) is 57.7 cm³/mol. The van der Waals surface area contributed by atoms with Crippen LogP contribution in [0.1, 0.15) is 32.3 Å². The molecule has 1 heteroatoms. The molecule has 0 aliphatic carbocycles. The fourth-order valence-corrected chi connectivity index (χ4v) is 1.56. The molecule has 0 amide bonds. The third-order valence-electron chi connectivity index (χ3n) is 2.67. The summed E-state index contributed by atoms with van der Waals surface area (Å²) in [4.78, 5) is 0. The fraction of sp³-hybridized carbons (Fsp3) is 0.500. The van der Waals surface area contributed by atoms with Crippen LogP contribution in [0.15, 0.2) is 30.3 Å². The summed E-state index contributed by atoms with van der Waals surface area (Å²) in [5.74, 6) is 0.983. The van der Waals surface area contributed by atoms with Crippen molar-refractivity contribution in [3.63, 3.8) is 0 Å². The van der Waals surface area contributed by atoms with E-state index >= 15 is 0 Å². The highest BCUT2D eigenvalue weighted by atomic mass is 14.7. The molecule has 1 nitrogen and oxygen atoms in total. The van der Waals surface area contributed by atoms with Crippen LogP contribution in [-0.4, -0.2) is 6.04 Å². The summed E-state index contributed by atoms with van der Waals surface area (Å²) in [5, 5.41) is 0. The molecule has 1 aromatic carbocycles. The first-order valence-electron chi connectivity index (χ1n) is 4.93. The lowest BCUT2D eigenvalue weighted by Crippen LogP contribution is -2.32. The Labute approximate surface area is 81.0 Å². The summed E-state index contributed by atoms with van der Waals surface area (Å²) in [6.07, 6.45) is 0. The quantitative estimate of drug-likeness (QED) is 0.755. The predicted octanol–water partition coefficient (Wildman–Crippen LogP) is 2.77. The third kappa shape index (κ3) is 2.56. The smallest absolute Gasteiger partial charge is 0.0128 e. The van der Waals surface area contributed by atoms with Crippen LogP contribution < -0.4 is 5.73 Å². The Morgan fingerprint density at radius 2 is 1.54 bits per heavy atom. The summed E-state index contributed by atoms with van der Waals surface area (Å²) in [6, 6.07) is 10.7. The van der Waals surface area contributed by atoms with Gasteiger partial charge in [0.15, 0.2) is 0 Å². The lowest BCUT2D eigenvalue weighted by atomic mass is 9.87. The highest BCUT2D eigenvalue weighted by Crippen LogP contribution is 2.21. The van der Waals surface area contributed by atoms with E-state index in [1.54, 1.807) is 0 Å². The molecule has 0 aliphatic rings. The molecule has 72 valence electrons. The van der Waals surface area contributed by atoms with Crippen molar-refractivity contribution in [2.75, 3.05) is 0 Å². The lowest BCUT2D eigenvalue weighted by Gasteiger charge is -2.23. The molecule has 0 saturated heterocycles. The van der Waals surface area contributed by atoms with E-state index in [1.165, 1.54) is 5.56 Å². The first-order chi connectivity index (χ1) is 6.13. The molecular formula is C12H19N. The van der Waals surface area contributed by atoms with Crippen molar-refractivity contribution in [3.8, 4) is 0 Å². The second-order valence-corrected chi connectivity index (χ2v) is 4.02. The van der Waals surface area contributed by atoms with Crippen LogP contribution in [0, 0.1) is 5.92 Å². The van der Waals surface area contributed by atoms with Gasteiger partial charge in [-0.15, -0.1) is 0 Å². The van der Waals surface area contributed by atoms with Gasteiger partial charge in [0.2, 0.25) is 0 Å². The molecule has 0 aromatic heterocycles. The Balaban J connectivity index is 2.73. The standard InChI is InChI=1S/C12H19N/c1-9(2)12(13)10(3)11-7-5-4-6-8-11/h4-10,12H,13H2,1-3H3/t10-,12-/m1/s1. The van der Waals surface area contributed by atoms with Gasteiger partial charge >= 0.3 is 0 Å². The highest BCUT2D eigenvalue weighted by Gasteiger charge is 2.17. The SMILES string of the molecule is CC(C)[C@@H](N)[C@H](C)c1ccccc1. The van der Waals surface area contributed by atoms with Crippen molar-refractivity contribution >= 4 is 0 Å². The van der Waals surface area contributed by atoms with Gasteiger partial charge in [0.25, 0.3) is 0 Å². The second-order valence-electron chi connectivity index (χ2n) is 4.02. The van der Waals surface area contributed by atoms with Gasteiger partial charge in [-0.25, -0.2) is 0 Å². The minimum absolute atomic E-state index is 0.252. The molecule has 0 aliphatic heterocycles. The number of nitrogens with two attached hydrogens (primary N) is 1. The summed E-state index contributed by atoms with van der Waals surface area (Å²) in [7, 11) is 0. The van der Waals surface area contributed by atoms with Crippen LogP contribution in [0.2, 0.25) is 0 Å². The minimum atomic E-state index is 0.252. The third-order valence-corrected chi connectivity index (χ3v) is 2.67. The summed E-state index contributed by atoms with van der Waals surface area (Å²) < 4.78 is 0. The maximum Gasteiger partial charge on any atom is 0.0128 e. The van der Waals surface area contributed by atoms with Crippen LogP contribution in [0.25, 0.3) is 0 Å². The van der Waals surface area contributed by atoms with E-state index in [0.29, 0.717) is 11.8 Å². The molecule has 2 N–H and O–H groups in total. The zero-order valence-corrected chi connectivity index (χ0v) is 8.70. The molecule has 1 aromatic rings. The zero-order chi connectivity index (χ0) is 9.84. The Bertz CT molecular complexity index is 241. The van der Waals surface area contributed by atoms with Gasteiger partial charge < -0.3 is 5.73 Å². The largest absolute Gasteiger partial charge is 0.327 e. The summed E-state index contributed by atoms with van der Waals surface area (Å²) >= 11 is 0. The average molecular weight is 177 g/mol. The number of rotatable bonds is 3. The lowest BCUT2D eigenvalue weighted by molar-refractivity contribution is 0.434. The Morgan fingerprint density at radius 1 is 1.00 bits per heavy atom. The van der Waals surface area contributed by atoms with E-state index in [9.17, 15) is 0 Å². The average Bonchev–Trinajstić information content (AvgIpc) is 2.17. The van der Waals surface area contributed by atoms with Crippen LogP contribution in [0.4, 0.5) is 0 Å². The van der Waals surface area contributed by atoms with E-state index in [0.717, 1.165) is 0 Å². The molecule has 0 saturated carbocycles. The van der Waals surface area contributed by atoms with Crippen molar-refractivity contribution < 1.29 is 0 Å². The monoisotopic (exact) mass is 177 g/mol. The number of benzene rings is 1. The van der Waals surface area contributed by atoms with Crippen LogP contribution >= 0.6 is 0 Å². The van der Waals surface area contributed by atoms with E-state index in [4.69, 9.17) is 5.73 Å². The number of hydrogen-bond donors (Lipinski definition) is 1. The molecule has 13 heavy (non-hydrogen) atoms. The van der Waals surface area contributed by atoms with Crippen molar-refractivity contribution in [1.29, 1.82) is 0 Å². The molecule has 0 unspecified atom stereocenters. The van der Waals surface area contributed by atoms with Gasteiger partial charge in [-0.3, -0.25) is 0 Å². The Kier molecular flexibility index (Phi) is 3.49. The first kappa shape index (κ1) is 10.3. The normalized spacial score (nSPS) is 15.8. The molecule has 0 bridgehead atoms. The fourth-order valence-electron chi connectivity index (χ4n) is 1.56. The highest BCUT2D eigenvalue weighted by molar-refractivity contribution is 5.20. The zero-order valence-electron chi connectivity index (χ0n) is 8.70. The Morgan fingerprint density at radius 3 is 2.00 bits per heavy atom. The van der Waals surface area contributed by atoms with Crippen molar-refractivity contribution in [3.05, 3.63) is 35.9 Å². The van der Waals surface area contributed by atoms with Gasteiger partial charge in [-0.2, -0.15) is 0 Å². The van der Waals surface area contributed by atoms with Crippen molar-refractivity contribution in [2.45, 2.75) is 32.7 Å². The van der Waals surface area contributed by atoms with Gasteiger partial charge in [0.05, 0.1) is 0 Å². The number of hydrogen-bond acceptors (Lipinski definition) is 1. The van der Waals surface area contributed by atoms with Crippen molar-refractivity contribution in [1.82, 2.24) is 0 Å². The molecule has 1 rings (SSSR count). The molecule has 0 heterocycles. The summed E-state index contributed by atoms with van der Waals surface area (Å²) in [6.45, 7) is 6.54. The van der Waals surface area contributed by atoms with Crippen LogP contribution in [0.5, 0.6) is 0 Å². The summed E-state index contributed by atoms with van der Waals surface area (Å²) in [5.41, 5.74) is 7.43.